The Balaban J connectivity index is 1.73. The number of aromatic hydroxyl groups is 2. The Morgan fingerprint density at radius 2 is 1.71 bits per heavy atom. The lowest BCUT2D eigenvalue weighted by atomic mass is 10.1. The zero-order chi connectivity index (χ0) is 22.0. The maximum Gasteiger partial charge on any atom is 0.262 e. The first-order chi connectivity index (χ1) is 15.0. The average molecular weight is 433 g/mol. The number of carbonyl (C=O) groups is 1. The Hall–Kier alpha value is -3.58. The van der Waals surface area contributed by atoms with Gasteiger partial charge in [-0.05, 0) is 42.8 Å². The van der Waals surface area contributed by atoms with Crippen LogP contribution in [-0.2, 0) is 0 Å². The number of benzene rings is 3. The number of phenolic OH excluding ortho intramolecular Hbond substituents is 2. The monoisotopic (exact) mass is 432 g/mol. The van der Waals surface area contributed by atoms with Crippen LogP contribution in [0.1, 0.15) is 28.9 Å². The van der Waals surface area contributed by atoms with Crippen LogP contribution < -0.4 is 5.56 Å². The van der Waals surface area contributed by atoms with Gasteiger partial charge >= 0.3 is 0 Å². The summed E-state index contributed by atoms with van der Waals surface area (Å²) < 4.78 is 1.61. The van der Waals surface area contributed by atoms with Crippen molar-refractivity contribution in [3.8, 4) is 11.5 Å². The third-order valence-electron chi connectivity index (χ3n) is 5.07. The molecule has 1 unspecified atom stereocenters. The highest BCUT2D eigenvalue weighted by atomic mass is 32.2. The minimum absolute atomic E-state index is 0.0243. The number of aromatic nitrogens is 2. The summed E-state index contributed by atoms with van der Waals surface area (Å²) in [6.07, 6.45) is 0. The van der Waals surface area contributed by atoms with Gasteiger partial charge in [-0.15, -0.1) is 0 Å². The number of carbonyl (C=O) groups excluding carboxylic acids is 1. The molecule has 3 aromatic carbocycles. The number of phenols is 2. The predicted octanol–water partition coefficient (Wildman–Crippen LogP) is 4.39. The Labute approximate surface area is 182 Å². The minimum Gasteiger partial charge on any atom is -0.504 e. The van der Waals surface area contributed by atoms with Crippen molar-refractivity contribution in [3.05, 3.63) is 94.3 Å². The molecule has 0 saturated carbocycles. The Bertz CT molecular complexity index is 1320. The fraction of sp³-hybridized carbons (Fsp3) is 0.125. The molecule has 0 aliphatic carbocycles. The number of hydrogen-bond donors (Lipinski definition) is 2. The smallest absolute Gasteiger partial charge is 0.262 e. The molecule has 4 aromatic rings. The molecule has 0 amide bonds. The van der Waals surface area contributed by atoms with Gasteiger partial charge in [0, 0.05) is 5.56 Å². The molecule has 1 heterocycles. The molecule has 0 radical (unpaired) electrons. The van der Waals surface area contributed by atoms with E-state index in [1.165, 1.54) is 30.0 Å². The van der Waals surface area contributed by atoms with Crippen LogP contribution >= 0.6 is 11.8 Å². The van der Waals surface area contributed by atoms with Crippen molar-refractivity contribution in [1.29, 1.82) is 0 Å². The maximum atomic E-state index is 13.3. The summed E-state index contributed by atoms with van der Waals surface area (Å²) in [5, 5.41) is 20.1. The fourth-order valence-electron chi connectivity index (χ4n) is 3.36. The first-order valence-electron chi connectivity index (χ1n) is 9.70. The lowest BCUT2D eigenvalue weighted by Crippen LogP contribution is -2.27. The number of Topliss-reactive ketones (excluding diaryl/α,β-unsaturated/α-hetero) is 1. The van der Waals surface area contributed by atoms with E-state index in [-0.39, 0.29) is 40.2 Å². The van der Waals surface area contributed by atoms with E-state index in [0.29, 0.717) is 16.1 Å². The second-order valence-electron chi connectivity index (χ2n) is 7.09. The average Bonchev–Trinajstić information content (AvgIpc) is 2.79. The van der Waals surface area contributed by atoms with E-state index in [1.807, 2.05) is 43.3 Å². The van der Waals surface area contributed by atoms with Gasteiger partial charge in [0.15, 0.2) is 22.4 Å². The van der Waals surface area contributed by atoms with Gasteiger partial charge in [-0.2, -0.15) is 0 Å². The van der Waals surface area contributed by atoms with Crippen LogP contribution in [0.25, 0.3) is 10.9 Å². The summed E-state index contributed by atoms with van der Waals surface area (Å²) in [6, 6.07) is 20.5. The molecule has 0 spiro atoms. The summed E-state index contributed by atoms with van der Waals surface area (Å²) >= 11 is 1.17. The summed E-state index contributed by atoms with van der Waals surface area (Å²) in [7, 11) is 0. The SMILES string of the molecule is CC(c1ccccc1)n1c(SCC(=O)c2ccc(O)c(O)c2)nc2ccccc2c1=O. The molecular formula is C24H20N2O4S. The first kappa shape index (κ1) is 20.7. The molecule has 0 saturated heterocycles. The van der Waals surface area contributed by atoms with Crippen molar-refractivity contribution >= 4 is 28.4 Å². The molecule has 2 N–H and O–H groups in total. The number of nitrogens with zero attached hydrogens (tertiary/aromatic N) is 2. The van der Waals surface area contributed by atoms with Crippen LogP contribution in [0.2, 0.25) is 0 Å². The standard InChI is InChI=1S/C24H20N2O4S/c1-15(16-7-3-2-4-8-16)26-23(30)18-9-5-6-10-19(18)25-24(26)31-14-22(29)17-11-12-20(27)21(28)13-17/h2-13,15,27-28H,14H2,1H3. The molecule has 0 aliphatic heterocycles. The quantitative estimate of drug-likeness (QED) is 0.203. The van der Waals surface area contributed by atoms with Crippen molar-refractivity contribution in [2.45, 2.75) is 18.1 Å². The maximum absolute atomic E-state index is 13.3. The van der Waals surface area contributed by atoms with E-state index in [9.17, 15) is 19.8 Å². The van der Waals surface area contributed by atoms with E-state index >= 15 is 0 Å². The zero-order valence-corrected chi connectivity index (χ0v) is 17.5. The van der Waals surface area contributed by atoms with Gasteiger partial charge in [-0.1, -0.05) is 54.2 Å². The normalized spacial score (nSPS) is 12.0. The van der Waals surface area contributed by atoms with Crippen molar-refractivity contribution < 1.29 is 15.0 Å². The van der Waals surface area contributed by atoms with Crippen LogP contribution in [0, 0.1) is 0 Å². The molecule has 7 heteroatoms. The highest BCUT2D eigenvalue weighted by Crippen LogP contribution is 2.28. The number of para-hydroxylation sites is 1. The highest BCUT2D eigenvalue weighted by molar-refractivity contribution is 7.99. The number of rotatable bonds is 6. The van der Waals surface area contributed by atoms with Crippen LogP contribution in [0.3, 0.4) is 0 Å². The molecular weight excluding hydrogens is 412 g/mol. The fourth-order valence-corrected chi connectivity index (χ4v) is 4.33. The molecule has 0 aliphatic rings. The third-order valence-corrected chi connectivity index (χ3v) is 6.03. The van der Waals surface area contributed by atoms with Crippen LogP contribution in [0.5, 0.6) is 11.5 Å². The van der Waals surface area contributed by atoms with E-state index < -0.39 is 0 Å². The van der Waals surface area contributed by atoms with Gasteiger partial charge in [0.25, 0.3) is 5.56 Å². The lowest BCUT2D eigenvalue weighted by molar-refractivity contribution is 0.102. The summed E-state index contributed by atoms with van der Waals surface area (Å²) in [5.41, 5.74) is 1.63. The summed E-state index contributed by atoms with van der Waals surface area (Å²) in [5.74, 6) is -0.863. The van der Waals surface area contributed by atoms with Gasteiger partial charge < -0.3 is 10.2 Å². The van der Waals surface area contributed by atoms with Crippen LogP contribution in [0.15, 0.2) is 82.7 Å². The zero-order valence-electron chi connectivity index (χ0n) is 16.7. The molecule has 31 heavy (non-hydrogen) atoms. The molecule has 1 aromatic heterocycles. The lowest BCUT2D eigenvalue weighted by Gasteiger charge is -2.20. The Morgan fingerprint density at radius 3 is 2.45 bits per heavy atom. The first-order valence-corrected chi connectivity index (χ1v) is 10.7. The van der Waals surface area contributed by atoms with Crippen LogP contribution in [-0.4, -0.2) is 31.3 Å². The number of hydrogen-bond acceptors (Lipinski definition) is 6. The van der Waals surface area contributed by atoms with E-state index in [0.717, 1.165) is 5.56 Å². The van der Waals surface area contributed by atoms with Crippen molar-refractivity contribution in [2.24, 2.45) is 0 Å². The molecule has 6 nitrogen and oxygen atoms in total. The Kier molecular flexibility index (Phi) is 5.77. The van der Waals surface area contributed by atoms with E-state index in [2.05, 4.69) is 4.98 Å². The van der Waals surface area contributed by atoms with Gasteiger partial charge in [0.1, 0.15) is 0 Å². The van der Waals surface area contributed by atoms with Crippen molar-refractivity contribution in [2.75, 3.05) is 5.75 Å². The topological polar surface area (TPSA) is 92.4 Å². The van der Waals surface area contributed by atoms with Gasteiger partial charge in [0.05, 0.1) is 22.7 Å². The summed E-state index contributed by atoms with van der Waals surface area (Å²) in [4.78, 5) is 30.6. The second kappa shape index (κ2) is 8.65. The van der Waals surface area contributed by atoms with Crippen LogP contribution in [0.4, 0.5) is 0 Å². The van der Waals surface area contributed by atoms with Gasteiger partial charge in [0.2, 0.25) is 0 Å². The Morgan fingerprint density at radius 1 is 1.00 bits per heavy atom. The third kappa shape index (κ3) is 4.18. The second-order valence-corrected chi connectivity index (χ2v) is 8.03. The molecule has 1 atom stereocenters. The number of fused-ring (bicyclic) bond motifs is 1. The highest BCUT2D eigenvalue weighted by Gasteiger charge is 2.19. The predicted molar refractivity (Wildman–Crippen MR) is 121 cm³/mol. The summed E-state index contributed by atoms with van der Waals surface area (Å²) in [6.45, 7) is 1.93. The number of thioether (sulfide) groups is 1. The number of ketones is 1. The van der Waals surface area contributed by atoms with Crippen molar-refractivity contribution in [3.63, 3.8) is 0 Å². The van der Waals surface area contributed by atoms with E-state index in [1.54, 1.807) is 22.8 Å². The minimum atomic E-state index is -0.353. The molecule has 0 fully saturated rings. The van der Waals surface area contributed by atoms with Gasteiger partial charge in [-0.25, -0.2) is 4.98 Å². The van der Waals surface area contributed by atoms with Crippen molar-refractivity contribution in [1.82, 2.24) is 9.55 Å². The van der Waals surface area contributed by atoms with Gasteiger partial charge in [-0.3, -0.25) is 14.2 Å². The largest absolute Gasteiger partial charge is 0.504 e. The molecule has 156 valence electrons. The van der Waals surface area contributed by atoms with E-state index in [4.69, 9.17) is 0 Å². The molecule has 4 rings (SSSR count). The molecule has 0 bridgehead atoms.